The van der Waals surface area contributed by atoms with E-state index in [1.165, 1.54) is 6.07 Å². The van der Waals surface area contributed by atoms with Gasteiger partial charge in [-0.25, -0.2) is 0 Å². The number of ether oxygens (including phenoxy) is 3. The molecule has 0 unspecified atom stereocenters. The zero-order valence-corrected chi connectivity index (χ0v) is 25.3. The van der Waals surface area contributed by atoms with E-state index in [0.29, 0.717) is 50.6 Å². The summed E-state index contributed by atoms with van der Waals surface area (Å²) in [4.78, 5) is 20.2. The fourth-order valence-corrected chi connectivity index (χ4v) is 6.07. The highest BCUT2D eigenvalue weighted by Crippen LogP contribution is 2.38. The van der Waals surface area contributed by atoms with Crippen LogP contribution in [-0.2, 0) is 12.6 Å². The van der Waals surface area contributed by atoms with E-state index in [9.17, 15) is 18.0 Å². The highest BCUT2D eigenvalue weighted by molar-refractivity contribution is 6.09. The number of piperidine rings is 1. The van der Waals surface area contributed by atoms with E-state index in [0.717, 1.165) is 42.8 Å². The number of carbonyl (C=O) groups is 1. The summed E-state index contributed by atoms with van der Waals surface area (Å²) in [6.07, 6.45) is -1.40. The van der Waals surface area contributed by atoms with Crippen LogP contribution in [0.3, 0.4) is 0 Å². The molecule has 0 atom stereocenters. The zero-order chi connectivity index (χ0) is 31.7. The van der Waals surface area contributed by atoms with E-state index in [4.69, 9.17) is 14.2 Å². The Balaban J connectivity index is 1.28. The number of nitrogens with zero attached hydrogens (tertiary/aromatic N) is 2. The van der Waals surface area contributed by atoms with E-state index >= 15 is 0 Å². The minimum Gasteiger partial charge on any atom is -0.493 e. The van der Waals surface area contributed by atoms with Crippen molar-refractivity contribution in [3.63, 3.8) is 0 Å². The molecule has 0 N–H and O–H groups in total. The van der Waals surface area contributed by atoms with Crippen LogP contribution < -0.4 is 14.2 Å². The van der Waals surface area contributed by atoms with Crippen LogP contribution in [-0.4, -0.2) is 50.0 Å². The van der Waals surface area contributed by atoms with Gasteiger partial charge in [0.05, 0.1) is 25.3 Å². The van der Waals surface area contributed by atoms with Crippen molar-refractivity contribution < 1.29 is 32.2 Å². The fraction of sp³-hybridized carbons (Fsp3) is 0.278. The Kier molecular flexibility index (Phi) is 8.38. The molecule has 1 aliphatic heterocycles. The third kappa shape index (κ3) is 6.44. The summed E-state index contributed by atoms with van der Waals surface area (Å²) in [5, 5.41) is 2.20. The second-order valence-corrected chi connectivity index (χ2v) is 11.5. The number of Topliss-reactive ketones (excluding diaryl/α,β-unsaturated/α-hetero) is 1. The molecule has 4 aromatic carbocycles. The first kappa shape index (κ1) is 30.4. The zero-order valence-electron chi connectivity index (χ0n) is 25.3. The van der Waals surface area contributed by atoms with Crippen molar-refractivity contribution in [3.05, 3.63) is 101 Å². The van der Waals surface area contributed by atoms with Crippen LogP contribution in [0, 0.1) is 0 Å². The van der Waals surface area contributed by atoms with Crippen molar-refractivity contribution in [2.24, 2.45) is 0 Å². The first-order valence-electron chi connectivity index (χ1n) is 14.8. The summed E-state index contributed by atoms with van der Waals surface area (Å²) in [6, 6.07) is 20.3. The average Bonchev–Trinajstić information content (AvgIpc) is 3.03. The van der Waals surface area contributed by atoms with E-state index in [2.05, 4.69) is 9.88 Å². The highest BCUT2D eigenvalue weighted by atomic mass is 19.4. The smallest absolute Gasteiger partial charge is 0.416 e. The van der Waals surface area contributed by atoms with E-state index in [-0.39, 0.29) is 18.1 Å². The number of ketones is 1. The lowest BCUT2D eigenvalue weighted by Crippen LogP contribution is -2.29. The second kappa shape index (κ2) is 12.4. The number of rotatable bonds is 8. The van der Waals surface area contributed by atoms with Gasteiger partial charge in [0, 0.05) is 29.6 Å². The number of fused-ring (bicyclic) bond motifs is 2. The Morgan fingerprint density at radius 2 is 1.64 bits per heavy atom. The summed E-state index contributed by atoms with van der Waals surface area (Å²) in [5.74, 6) is 2.01. The molecule has 232 valence electrons. The van der Waals surface area contributed by atoms with Crippen LogP contribution >= 0.6 is 0 Å². The summed E-state index contributed by atoms with van der Waals surface area (Å²) < 4.78 is 58.7. The van der Waals surface area contributed by atoms with Gasteiger partial charge < -0.3 is 19.1 Å². The molecule has 0 amide bonds. The Morgan fingerprint density at radius 3 is 2.38 bits per heavy atom. The minimum absolute atomic E-state index is 0.0361. The van der Waals surface area contributed by atoms with Gasteiger partial charge in [-0.3, -0.25) is 9.78 Å². The second-order valence-electron chi connectivity index (χ2n) is 11.5. The summed E-state index contributed by atoms with van der Waals surface area (Å²) >= 11 is 0. The van der Waals surface area contributed by atoms with Gasteiger partial charge in [-0.05, 0) is 103 Å². The molecule has 9 heteroatoms. The molecule has 0 bridgehead atoms. The predicted molar refractivity (Wildman–Crippen MR) is 168 cm³/mol. The topological polar surface area (TPSA) is 60.9 Å². The quantitative estimate of drug-likeness (QED) is 0.164. The number of alkyl halides is 3. The van der Waals surface area contributed by atoms with Crippen molar-refractivity contribution in [1.29, 1.82) is 0 Å². The number of pyridine rings is 1. The van der Waals surface area contributed by atoms with Gasteiger partial charge in [0.2, 0.25) is 0 Å². The lowest BCUT2D eigenvalue weighted by atomic mass is 9.86. The van der Waals surface area contributed by atoms with Crippen molar-refractivity contribution in [2.75, 3.05) is 34.4 Å². The average molecular weight is 615 g/mol. The van der Waals surface area contributed by atoms with Crippen molar-refractivity contribution in [1.82, 2.24) is 9.88 Å². The maximum Gasteiger partial charge on any atom is 0.416 e. The Hall–Kier alpha value is -4.63. The monoisotopic (exact) mass is 614 g/mol. The van der Waals surface area contributed by atoms with Gasteiger partial charge in [0.15, 0.2) is 17.3 Å². The molecule has 0 spiro atoms. The van der Waals surface area contributed by atoms with Gasteiger partial charge in [-0.2, -0.15) is 13.2 Å². The molecule has 6 nitrogen and oxygen atoms in total. The molecule has 0 aliphatic carbocycles. The van der Waals surface area contributed by atoms with Crippen molar-refractivity contribution in [2.45, 2.75) is 31.4 Å². The molecule has 0 radical (unpaired) electrons. The molecule has 1 aromatic heterocycles. The molecule has 5 aromatic rings. The molecular formula is C36H33F3N2O4. The van der Waals surface area contributed by atoms with Crippen LogP contribution in [0.15, 0.2) is 79.0 Å². The van der Waals surface area contributed by atoms with Gasteiger partial charge >= 0.3 is 6.18 Å². The highest BCUT2D eigenvalue weighted by Gasteiger charge is 2.32. The van der Waals surface area contributed by atoms with Gasteiger partial charge in [-0.15, -0.1) is 0 Å². The van der Waals surface area contributed by atoms with Crippen molar-refractivity contribution in [3.8, 4) is 23.0 Å². The number of methoxy groups -OCH3 is 2. The molecule has 1 aliphatic rings. The van der Waals surface area contributed by atoms with Crippen LogP contribution in [0.5, 0.6) is 23.0 Å². The first-order valence-corrected chi connectivity index (χ1v) is 14.8. The SMILES string of the molecule is COc1cc2nccc(Oc3ccc4c(C(=O)Cc5cc(C6CCN(C)CC6)cc(C(F)(F)F)c5)cccc4c3)c2cc1OC. The third-order valence-corrected chi connectivity index (χ3v) is 8.48. The largest absolute Gasteiger partial charge is 0.493 e. The van der Waals surface area contributed by atoms with Gasteiger partial charge in [0.25, 0.3) is 0 Å². The fourth-order valence-electron chi connectivity index (χ4n) is 6.07. The maximum atomic E-state index is 13.9. The predicted octanol–water partition coefficient (Wildman–Crippen LogP) is 8.45. The molecule has 45 heavy (non-hydrogen) atoms. The van der Waals surface area contributed by atoms with Gasteiger partial charge in [-0.1, -0.05) is 24.3 Å². The summed E-state index contributed by atoms with van der Waals surface area (Å²) in [6.45, 7) is 1.66. The Labute approximate surface area is 259 Å². The third-order valence-electron chi connectivity index (χ3n) is 8.48. The Morgan fingerprint density at radius 1 is 0.889 bits per heavy atom. The van der Waals surface area contributed by atoms with Crippen molar-refractivity contribution >= 4 is 27.5 Å². The molecular weight excluding hydrogens is 581 g/mol. The number of carbonyl (C=O) groups excluding carboxylic acids is 1. The summed E-state index contributed by atoms with van der Waals surface area (Å²) in [5.41, 5.74) is 1.44. The van der Waals surface area contributed by atoms with E-state index in [1.54, 1.807) is 68.9 Å². The number of hydrogen-bond acceptors (Lipinski definition) is 6. The normalized spacial score (nSPS) is 14.5. The number of likely N-dealkylation sites (tertiary alicyclic amines) is 1. The first-order chi connectivity index (χ1) is 21.6. The lowest BCUT2D eigenvalue weighted by molar-refractivity contribution is -0.137. The number of hydrogen-bond donors (Lipinski definition) is 0. The number of benzene rings is 4. The van der Waals surface area contributed by atoms with E-state index in [1.807, 2.05) is 19.2 Å². The van der Waals surface area contributed by atoms with Crippen LogP contribution in [0.1, 0.15) is 45.8 Å². The van der Waals surface area contributed by atoms with Crippen LogP contribution in [0.25, 0.3) is 21.7 Å². The summed E-state index contributed by atoms with van der Waals surface area (Å²) in [7, 11) is 5.14. The lowest BCUT2D eigenvalue weighted by Gasteiger charge is -2.29. The Bertz CT molecular complexity index is 1880. The molecule has 1 saturated heterocycles. The molecule has 1 fully saturated rings. The molecule has 0 saturated carbocycles. The molecule has 2 heterocycles. The molecule has 6 rings (SSSR count). The van der Waals surface area contributed by atoms with Crippen LogP contribution in [0.2, 0.25) is 0 Å². The van der Waals surface area contributed by atoms with Crippen LogP contribution in [0.4, 0.5) is 13.2 Å². The standard InChI is InChI=1S/C36H33F3N2O4/c1-41-13-10-23(11-14-41)25-15-22(16-26(18-25)36(37,38)39)17-32(42)29-6-4-5-24-19-27(7-8-28(24)29)45-33-9-12-40-31-21-35(44-3)34(43-2)20-30(31)33/h4-9,12,15-16,18-21,23H,10-11,13-14,17H2,1-3H3. The van der Waals surface area contributed by atoms with Gasteiger partial charge in [0.1, 0.15) is 11.5 Å². The minimum atomic E-state index is -4.49. The maximum absolute atomic E-state index is 13.9. The number of halogens is 3. The number of aromatic nitrogens is 1. The van der Waals surface area contributed by atoms with E-state index < -0.39 is 11.7 Å².